The van der Waals surface area contributed by atoms with Crippen molar-refractivity contribution in [2.45, 2.75) is 46.5 Å². The molecule has 1 aromatic rings. The van der Waals surface area contributed by atoms with Crippen molar-refractivity contribution in [1.82, 2.24) is 4.98 Å². The van der Waals surface area contributed by atoms with E-state index >= 15 is 0 Å². The maximum Gasteiger partial charge on any atom is 0.306 e. The highest BCUT2D eigenvalue weighted by Crippen LogP contribution is 2.15. The van der Waals surface area contributed by atoms with Crippen LogP contribution in [0.15, 0.2) is 5.38 Å². The van der Waals surface area contributed by atoms with E-state index in [0.29, 0.717) is 25.4 Å². The van der Waals surface area contributed by atoms with Crippen LogP contribution in [-0.4, -0.2) is 17.6 Å². The summed E-state index contributed by atoms with van der Waals surface area (Å²) < 4.78 is 4.89. The van der Waals surface area contributed by atoms with Crippen molar-refractivity contribution in [3.05, 3.63) is 16.1 Å². The van der Waals surface area contributed by atoms with Gasteiger partial charge in [-0.15, -0.1) is 11.3 Å². The molecular formula is C13H21NO2S. The fourth-order valence-corrected chi connectivity index (χ4v) is 2.30. The summed E-state index contributed by atoms with van der Waals surface area (Å²) in [4.78, 5) is 15.7. The van der Waals surface area contributed by atoms with Gasteiger partial charge in [0.2, 0.25) is 0 Å². The molecule has 0 radical (unpaired) electrons. The molecule has 0 aliphatic rings. The molecule has 96 valence electrons. The third-order valence-electron chi connectivity index (χ3n) is 2.43. The second-order valence-electron chi connectivity index (χ2n) is 4.47. The molecule has 0 fully saturated rings. The molecule has 0 bridgehead atoms. The number of carbonyl (C=O) groups is 1. The number of hydrogen-bond acceptors (Lipinski definition) is 4. The van der Waals surface area contributed by atoms with Crippen LogP contribution < -0.4 is 0 Å². The Hall–Kier alpha value is -0.900. The number of nitrogens with zero attached hydrogens (tertiary/aromatic N) is 1. The molecular weight excluding hydrogens is 234 g/mol. The first kappa shape index (κ1) is 14.2. The topological polar surface area (TPSA) is 39.2 Å². The van der Waals surface area contributed by atoms with E-state index in [1.165, 1.54) is 11.4 Å². The summed E-state index contributed by atoms with van der Waals surface area (Å²) >= 11 is 1.69. The highest BCUT2D eigenvalue weighted by atomic mass is 32.1. The van der Waals surface area contributed by atoms with Crippen molar-refractivity contribution in [2.24, 2.45) is 5.92 Å². The van der Waals surface area contributed by atoms with E-state index in [9.17, 15) is 4.79 Å². The lowest BCUT2D eigenvalue weighted by Crippen LogP contribution is -2.05. The summed E-state index contributed by atoms with van der Waals surface area (Å²) in [5.74, 6) is 0.575. The molecule has 0 aliphatic heterocycles. The number of rotatable bonds is 7. The molecule has 1 aromatic heterocycles. The smallest absolute Gasteiger partial charge is 0.306 e. The number of carbonyl (C=O) groups excluding carboxylic acids is 1. The fraction of sp³-hybridized carbons (Fsp3) is 0.692. The highest BCUT2D eigenvalue weighted by Gasteiger charge is 2.06. The number of esters is 1. The van der Waals surface area contributed by atoms with E-state index in [0.717, 1.165) is 12.1 Å². The maximum absolute atomic E-state index is 11.2. The molecule has 1 rings (SSSR count). The second kappa shape index (κ2) is 7.43. The van der Waals surface area contributed by atoms with Crippen LogP contribution in [0.3, 0.4) is 0 Å². The minimum atomic E-state index is -0.135. The van der Waals surface area contributed by atoms with Crippen molar-refractivity contribution >= 4 is 17.3 Å². The summed E-state index contributed by atoms with van der Waals surface area (Å²) in [6.07, 6.45) is 3.34. The van der Waals surface area contributed by atoms with Gasteiger partial charge in [0.15, 0.2) is 0 Å². The lowest BCUT2D eigenvalue weighted by Gasteiger charge is -2.01. The average molecular weight is 255 g/mol. The zero-order chi connectivity index (χ0) is 12.7. The van der Waals surface area contributed by atoms with Gasteiger partial charge in [0.25, 0.3) is 0 Å². The van der Waals surface area contributed by atoms with Gasteiger partial charge in [-0.25, -0.2) is 4.98 Å². The van der Waals surface area contributed by atoms with Crippen molar-refractivity contribution in [3.8, 4) is 0 Å². The Balaban J connectivity index is 2.32. The summed E-state index contributed by atoms with van der Waals surface area (Å²) in [6, 6.07) is 0. The third kappa shape index (κ3) is 5.82. The molecule has 0 unspecified atom stereocenters. The Kier molecular flexibility index (Phi) is 6.19. The van der Waals surface area contributed by atoms with Gasteiger partial charge in [-0.1, -0.05) is 13.8 Å². The van der Waals surface area contributed by atoms with Crippen molar-refractivity contribution in [1.29, 1.82) is 0 Å². The zero-order valence-corrected chi connectivity index (χ0v) is 11.7. The normalized spacial score (nSPS) is 10.8. The van der Waals surface area contributed by atoms with Crippen LogP contribution >= 0.6 is 11.3 Å². The predicted molar refractivity (Wildman–Crippen MR) is 70.2 cm³/mol. The van der Waals surface area contributed by atoms with Gasteiger partial charge in [-0.3, -0.25) is 4.79 Å². The summed E-state index contributed by atoms with van der Waals surface area (Å²) in [5, 5.41) is 3.23. The third-order valence-corrected chi connectivity index (χ3v) is 3.38. The number of ether oxygens (including phenoxy) is 1. The van der Waals surface area contributed by atoms with Crippen molar-refractivity contribution in [3.63, 3.8) is 0 Å². The number of aromatic nitrogens is 1. The molecule has 0 N–H and O–H groups in total. The molecule has 1 heterocycles. The van der Waals surface area contributed by atoms with E-state index in [4.69, 9.17) is 4.74 Å². The second-order valence-corrected chi connectivity index (χ2v) is 5.41. The first-order valence-corrected chi connectivity index (χ1v) is 7.08. The monoisotopic (exact) mass is 255 g/mol. The average Bonchev–Trinajstić information content (AvgIpc) is 2.72. The first-order chi connectivity index (χ1) is 8.11. The van der Waals surface area contributed by atoms with Gasteiger partial charge >= 0.3 is 5.97 Å². The number of aryl methyl sites for hydroxylation is 2. The number of hydrogen-bond donors (Lipinski definition) is 0. The molecule has 0 atom stereocenters. The molecule has 0 amide bonds. The minimum absolute atomic E-state index is 0.135. The number of thiazole rings is 1. The highest BCUT2D eigenvalue weighted by molar-refractivity contribution is 7.09. The molecule has 3 nitrogen and oxygen atoms in total. The SMILES string of the molecule is CCOC(=O)CCc1csc(CCC(C)C)n1. The molecule has 0 aliphatic carbocycles. The summed E-state index contributed by atoms with van der Waals surface area (Å²) in [6.45, 7) is 6.71. The first-order valence-electron chi connectivity index (χ1n) is 6.20. The Morgan fingerprint density at radius 3 is 2.88 bits per heavy atom. The molecule has 4 heteroatoms. The minimum Gasteiger partial charge on any atom is -0.466 e. The molecule has 0 saturated heterocycles. The van der Waals surface area contributed by atoms with E-state index in [1.807, 2.05) is 6.92 Å². The van der Waals surface area contributed by atoms with Crippen LogP contribution in [-0.2, 0) is 22.4 Å². The zero-order valence-electron chi connectivity index (χ0n) is 10.9. The lowest BCUT2D eigenvalue weighted by atomic mass is 10.1. The van der Waals surface area contributed by atoms with Gasteiger partial charge in [-0.05, 0) is 25.7 Å². The molecule has 0 spiro atoms. The Morgan fingerprint density at radius 2 is 2.24 bits per heavy atom. The van der Waals surface area contributed by atoms with E-state index in [1.54, 1.807) is 11.3 Å². The van der Waals surface area contributed by atoms with Gasteiger partial charge in [0, 0.05) is 11.8 Å². The van der Waals surface area contributed by atoms with Gasteiger partial charge in [-0.2, -0.15) is 0 Å². The van der Waals surface area contributed by atoms with Crippen molar-refractivity contribution in [2.75, 3.05) is 6.61 Å². The van der Waals surface area contributed by atoms with E-state index in [2.05, 4.69) is 24.2 Å². The van der Waals surface area contributed by atoms with Gasteiger partial charge < -0.3 is 4.74 Å². The largest absolute Gasteiger partial charge is 0.466 e. The maximum atomic E-state index is 11.2. The Labute approximate surface area is 107 Å². The van der Waals surface area contributed by atoms with Crippen LogP contribution in [0.5, 0.6) is 0 Å². The Morgan fingerprint density at radius 1 is 1.47 bits per heavy atom. The van der Waals surface area contributed by atoms with E-state index < -0.39 is 0 Å². The Bertz CT molecular complexity index is 347. The van der Waals surface area contributed by atoms with Crippen LogP contribution in [0.25, 0.3) is 0 Å². The summed E-state index contributed by atoms with van der Waals surface area (Å²) in [5.41, 5.74) is 1.02. The van der Waals surface area contributed by atoms with Crippen LogP contribution in [0, 0.1) is 5.92 Å². The van der Waals surface area contributed by atoms with Gasteiger partial charge in [0.05, 0.1) is 23.7 Å². The molecule has 17 heavy (non-hydrogen) atoms. The summed E-state index contributed by atoms with van der Waals surface area (Å²) in [7, 11) is 0. The predicted octanol–water partition coefficient (Wildman–Crippen LogP) is 3.23. The van der Waals surface area contributed by atoms with E-state index in [-0.39, 0.29) is 5.97 Å². The fourth-order valence-electron chi connectivity index (χ4n) is 1.45. The van der Waals surface area contributed by atoms with Gasteiger partial charge in [0.1, 0.15) is 0 Å². The lowest BCUT2D eigenvalue weighted by molar-refractivity contribution is -0.143. The molecule has 0 saturated carbocycles. The van der Waals surface area contributed by atoms with Crippen LogP contribution in [0.2, 0.25) is 0 Å². The van der Waals surface area contributed by atoms with Crippen molar-refractivity contribution < 1.29 is 9.53 Å². The standard InChI is InChI=1S/C13H21NO2S/c1-4-16-13(15)8-6-11-9-17-12(14-11)7-5-10(2)3/h9-10H,4-8H2,1-3H3. The van der Waals surface area contributed by atoms with Crippen LogP contribution in [0.4, 0.5) is 0 Å². The van der Waals surface area contributed by atoms with Crippen LogP contribution in [0.1, 0.15) is 44.3 Å². The molecule has 0 aromatic carbocycles. The quantitative estimate of drug-likeness (QED) is 0.702.